The van der Waals surface area contributed by atoms with Crippen molar-refractivity contribution in [3.8, 4) is 5.75 Å². The van der Waals surface area contributed by atoms with E-state index < -0.39 is 6.04 Å². The number of fused-ring (bicyclic) bond motifs is 1. The van der Waals surface area contributed by atoms with Crippen molar-refractivity contribution >= 4 is 61.7 Å². The molecule has 0 saturated heterocycles. The maximum absolute atomic E-state index is 13.5. The standard InChI is InChI=1S/C27H29BrCl2N2O3/c1-4-23(27(34)31-14-17(2)3)32(15-19-9-11-20(29)13-22(19)30)25(33)16-35-24-12-10-18-7-5-6-8-21(18)26(24)28/h5-13,17,23H,4,14-16H2,1-3H3,(H,31,34)/t23-/m1/s1. The van der Waals surface area contributed by atoms with E-state index in [2.05, 4.69) is 21.2 Å². The van der Waals surface area contributed by atoms with E-state index in [1.165, 1.54) is 4.90 Å². The van der Waals surface area contributed by atoms with E-state index in [-0.39, 0.29) is 25.0 Å². The first-order valence-corrected chi connectivity index (χ1v) is 13.1. The summed E-state index contributed by atoms with van der Waals surface area (Å²) in [7, 11) is 0. The van der Waals surface area contributed by atoms with Gasteiger partial charge >= 0.3 is 0 Å². The van der Waals surface area contributed by atoms with Crippen LogP contribution in [0.15, 0.2) is 59.1 Å². The summed E-state index contributed by atoms with van der Waals surface area (Å²) >= 11 is 16.0. The lowest BCUT2D eigenvalue weighted by molar-refractivity contribution is -0.143. The van der Waals surface area contributed by atoms with Gasteiger partial charge in [0.05, 0.1) is 4.47 Å². The quantitative estimate of drug-likeness (QED) is 0.285. The first-order valence-electron chi connectivity index (χ1n) is 11.5. The zero-order chi connectivity index (χ0) is 25.5. The normalized spacial score (nSPS) is 12.0. The number of carbonyl (C=O) groups is 2. The zero-order valence-corrected chi connectivity index (χ0v) is 23.1. The van der Waals surface area contributed by atoms with Gasteiger partial charge in [-0.3, -0.25) is 9.59 Å². The van der Waals surface area contributed by atoms with Crippen LogP contribution in [-0.4, -0.2) is 35.9 Å². The van der Waals surface area contributed by atoms with Crippen LogP contribution in [0.3, 0.4) is 0 Å². The molecule has 0 unspecified atom stereocenters. The summed E-state index contributed by atoms with van der Waals surface area (Å²) in [6, 6.07) is 16.1. The van der Waals surface area contributed by atoms with Crippen LogP contribution in [0.1, 0.15) is 32.8 Å². The Morgan fingerprint density at radius 2 is 1.83 bits per heavy atom. The monoisotopic (exact) mass is 578 g/mol. The number of hydrogen-bond acceptors (Lipinski definition) is 3. The van der Waals surface area contributed by atoms with Crippen molar-refractivity contribution in [2.24, 2.45) is 5.92 Å². The van der Waals surface area contributed by atoms with Crippen molar-refractivity contribution in [2.45, 2.75) is 39.8 Å². The highest BCUT2D eigenvalue weighted by atomic mass is 79.9. The molecule has 3 aromatic carbocycles. The number of ether oxygens (including phenoxy) is 1. The number of rotatable bonds is 10. The largest absolute Gasteiger partial charge is 0.483 e. The smallest absolute Gasteiger partial charge is 0.261 e. The van der Waals surface area contributed by atoms with Crippen molar-refractivity contribution in [3.63, 3.8) is 0 Å². The summed E-state index contributed by atoms with van der Waals surface area (Å²) in [4.78, 5) is 28.0. The van der Waals surface area contributed by atoms with Gasteiger partial charge in [-0.25, -0.2) is 0 Å². The summed E-state index contributed by atoms with van der Waals surface area (Å²) in [5.74, 6) is 0.327. The zero-order valence-electron chi connectivity index (χ0n) is 20.0. The molecule has 1 atom stereocenters. The van der Waals surface area contributed by atoms with Crippen LogP contribution in [0.25, 0.3) is 10.8 Å². The van der Waals surface area contributed by atoms with Crippen molar-refractivity contribution < 1.29 is 14.3 Å². The molecule has 3 aromatic rings. The molecule has 0 aliphatic carbocycles. The molecule has 0 aliphatic rings. The van der Waals surface area contributed by atoms with Gasteiger partial charge in [0.15, 0.2) is 6.61 Å². The number of nitrogens with one attached hydrogen (secondary N) is 1. The third-order valence-corrected chi connectivity index (χ3v) is 7.01. The average Bonchev–Trinajstić information content (AvgIpc) is 2.83. The molecule has 0 aromatic heterocycles. The molecule has 0 spiro atoms. The molecule has 0 bridgehead atoms. The van der Waals surface area contributed by atoms with Gasteiger partial charge in [0.2, 0.25) is 5.91 Å². The van der Waals surface area contributed by atoms with Crippen molar-refractivity contribution in [1.82, 2.24) is 10.2 Å². The first-order chi connectivity index (χ1) is 16.7. The van der Waals surface area contributed by atoms with Crippen LogP contribution >= 0.6 is 39.1 Å². The average molecular weight is 580 g/mol. The molecule has 0 fully saturated rings. The summed E-state index contributed by atoms with van der Waals surface area (Å²) in [6.07, 6.45) is 0.445. The van der Waals surface area contributed by atoms with Crippen LogP contribution in [0, 0.1) is 5.92 Å². The number of halogens is 3. The third kappa shape index (κ3) is 7.12. The van der Waals surface area contributed by atoms with E-state index in [1.807, 2.05) is 57.2 Å². The second-order valence-electron chi connectivity index (χ2n) is 8.71. The number of carbonyl (C=O) groups excluding carboxylic acids is 2. The van der Waals surface area contributed by atoms with Gasteiger partial charge in [-0.1, -0.05) is 80.4 Å². The molecule has 2 amide bonds. The summed E-state index contributed by atoms with van der Waals surface area (Å²) < 4.78 is 6.70. The van der Waals surface area contributed by atoms with Gasteiger partial charge in [0.1, 0.15) is 11.8 Å². The van der Waals surface area contributed by atoms with Gasteiger partial charge < -0.3 is 15.0 Å². The molecule has 1 N–H and O–H groups in total. The molecular weight excluding hydrogens is 551 g/mol. The van der Waals surface area contributed by atoms with Crippen LogP contribution in [0.5, 0.6) is 5.75 Å². The minimum absolute atomic E-state index is 0.157. The Labute approximate surface area is 224 Å². The minimum Gasteiger partial charge on any atom is -0.483 e. The lowest BCUT2D eigenvalue weighted by atomic mass is 10.1. The molecule has 0 radical (unpaired) electrons. The Morgan fingerprint density at radius 3 is 2.51 bits per heavy atom. The van der Waals surface area contributed by atoms with E-state index in [1.54, 1.807) is 18.2 Å². The second kappa shape index (κ2) is 12.6. The van der Waals surface area contributed by atoms with E-state index in [0.717, 1.165) is 15.2 Å². The van der Waals surface area contributed by atoms with Gasteiger partial charge in [-0.2, -0.15) is 0 Å². The topological polar surface area (TPSA) is 58.6 Å². The fraction of sp³-hybridized carbons (Fsp3) is 0.333. The van der Waals surface area contributed by atoms with Crippen LogP contribution in [-0.2, 0) is 16.1 Å². The fourth-order valence-corrected chi connectivity index (χ4v) is 4.80. The number of amides is 2. The maximum atomic E-state index is 13.5. The van der Waals surface area contributed by atoms with Crippen molar-refractivity contribution in [2.75, 3.05) is 13.2 Å². The Balaban J connectivity index is 1.84. The van der Waals surface area contributed by atoms with Crippen LogP contribution in [0.2, 0.25) is 10.0 Å². The summed E-state index contributed by atoms with van der Waals surface area (Å²) in [5.41, 5.74) is 0.700. The van der Waals surface area contributed by atoms with E-state index in [0.29, 0.717) is 40.2 Å². The molecule has 0 saturated carbocycles. The molecule has 0 heterocycles. The third-order valence-electron chi connectivity index (χ3n) is 5.61. The maximum Gasteiger partial charge on any atom is 0.261 e. The van der Waals surface area contributed by atoms with E-state index in [9.17, 15) is 9.59 Å². The molecular formula is C27H29BrCl2N2O3. The van der Waals surface area contributed by atoms with Crippen LogP contribution < -0.4 is 10.1 Å². The van der Waals surface area contributed by atoms with Gasteiger partial charge in [-0.05, 0) is 62.8 Å². The Hall–Kier alpha value is -2.28. The number of nitrogens with zero attached hydrogens (tertiary/aromatic N) is 1. The molecule has 8 heteroatoms. The van der Waals surface area contributed by atoms with Gasteiger partial charge in [0.25, 0.3) is 5.91 Å². The van der Waals surface area contributed by atoms with Gasteiger partial charge in [0, 0.05) is 23.1 Å². The summed E-state index contributed by atoms with van der Waals surface area (Å²) in [5, 5.41) is 5.93. The predicted octanol–water partition coefficient (Wildman–Crippen LogP) is 6.87. The van der Waals surface area contributed by atoms with E-state index in [4.69, 9.17) is 27.9 Å². The Morgan fingerprint density at radius 1 is 1.09 bits per heavy atom. The SMILES string of the molecule is CC[C@H](C(=O)NCC(C)C)N(Cc1ccc(Cl)cc1Cl)C(=O)COc1ccc2ccccc2c1Br. The molecule has 5 nitrogen and oxygen atoms in total. The summed E-state index contributed by atoms with van der Waals surface area (Å²) in [6.45, 7) is 6.38. The highest BCUT2D eigenvalue weighted by Crippen LogP contribution is 2.33. The molecule has 3 rings (SSSR count). The Bertz CT molecular complexity index is 1200. The minimum atomic E-state index is -0.670. The van der Waals surface area contributed by atoms with Crippen molar-refractivity contribution in [3.05, 3.63) is 74.7 Å². The fourth-order valence-electron chi connectivity index (χ4n) is 3.72. The lowest BCUT2D eigenvalue weighted by Gasteiger charge is -2.31. The molecule has 35 heavy (non-hydrogen) atoms. The van der Waals surface area contributed by atoms with Crippen molar-refractivity contribution in [1.29, 1.82) is 0 Å². The predicted molar refractivity (Wildman–Crippen MR) is 146 cm³/mol. The Kier molecular flexibility index (Phi) is 9.84. The van der Waals surface area contributed by atoms with E-state index >= 15 is 0 Å². The highest BCUT2D eigenvalue weighted by Gasteiger charge is 2.29. The lowest BCUT2D eigenvalue weighted by Crippen LogP contribution is -2.50. The number of hydrogen-bond donors (Lipinski definition) is 1. The molecule has 186 valence electrons. The van der Waals surface area contributed by atoms with Crippen LogP contribution in [0.4, 0.5) is 0 Å². The first kappa shape index (κ1) is 27.3. The highest BCUT2D eigenvalue weighted by molar-refractivity contribution is 9.10. The van der Waals surface area contributed by atoms with Gasteiger partial charge in [-0.15, -0.1) is 0 Å². The second-order valence-corrected chi connectivity index (χ2v) is 10.3. The molecule has 0 aliphatic heterocycles. The number of benzene rings is 3.